The number of hydrogen-bond donors (Lipinski definition) is 1. The maximum absolute atomic E-state index is 12.4. The summed E-state index contributed by atoms with van der Waals surface area (Å²) in [5.74, 6) is -1.99. The predicted molar refractivity (Wildman–Crippen MR) is 98.8 cm³/mol. The summed E-state index contributed by atoms with van der Waals surface area (Å²) in [6, 6.07) is 7.67. The predicted octanol–water partition coefficient (Wildman–Crippen LogP) is 3.92. The van der Waals surface area contributed by atoms with Gasteiger partial charge in [0.25, 0.3) is 0 Å². The van der Waals surface area contributed by atoms with Gasteiger partial charge in [0, 0.05) is 26.2 Å². The highest BCUT2D eigenvalue weighted by molar-refractivity contribution is 5.84. The minimum absolute atomic E-state index is 0.0576. The van der Waals surface area contributed by atoms with Gasteiger partial charge in [0.15, 0.2) is 5.82 Å². The number of nitrogens with zero attached hydrogens (tertiary/aromatic N) is 3. The molecule has 0 saturated carbocycles. The molecule has 1 amide bonds. The van der Waals surface area contributed by atoms with E-state index in [-0.39, 0.29) is 17.6 Å². The van der Waals surface area contributed by atoms with Crippen LogP contribution in [-0.4, -0.2) is 30.1 Å². The third-order valence-electron chi connectivity index (χ3n) is 4.49. The molecule has 0 bridgehead atoms. The van der Waals surface area contributed by atoms with Gasteiger partial charge in [-0.15, -0.1) is 0 Å². The topological polar surface area (TPSA) is 85.2 Å². The molecule has 2 rings (SSSR count). The summed E-state index contributed by atoms with van der Waals surface area (Å²) in [5, 5.41) is 3.35. The number of alkyl halides is 3. The summed E-state index contributed by atoms with van der Waals surface area (Å²) in [4.78, 5) is 17.2. The zero-order valence-electron chi connectivity index (χ0n) is 16.0. The number of nitrogens with two attached hydrogens (primary N) is 1. The van der Waals surface area contributed by atoms with Crippen LogP contribution in [-0.2, 0) is 17.4 Å². The van der Waals surface area contributed by atoms with E-state index in [1.165, 1.54) is 0 Å². The number of aromatic nitrogens is 2. The van der Waals surface area contributed by atoms with Crippen molar-refractivity contribution in [2.24, 2.45) is 5.73 Å². The van der Waals surface area contributed by atoms with Crippen molar-refractivity contribution in [3.8, 4) is 0 Å². The number of unbranched alkanes of at least 4 members (excludes halogenated alkanes) is 3. The summed E-state index contributed by atoms with van der Waals surface area (Å²) in [6.45, 7) is 0. The number of primary amides is 1. The summed E-state index contributed by atoms with van der Waals surface area (Å²) in [7, 11) is 3.83. The monoisotopic (exact) mass is 398 g/mol. The van der Waals surface area contributed by atoms with Crippen molar-refractivity contribution in [2.45, 2.75) is 50.6 Å². The molecule has 0 radical (unpaired) electrons. The Balaban J connectivity index is 1.80. The number of benzene rings is 1. The number of carbonyl (C=O) groups is 1. The van der Waals surface area contributed by atoms with Gasteiger partial charge in [-0.2, -0.15) is 18.2 Å². The van der Waals surface area contributed by atoms with E-state index in [0.29, 0.717) is 19.3 Å². The maximum atomic E-state index is 12.4. The number of amides is 1. The Morgan fingerprint density at radius 2 is 1.86 bits per heavy atom. The fourth-order valence-electron chi connectivity index (χ4n) is 3.10. The van der Waals surface area contributed by atoms with Crippen LogP contribution in [0.3, 0.4) is 0 Å². The number of hydrogen-bond acceptors (Lipinski definition) is 5. The lowest BCUT2D eigenvalue weighted by atomic mass is 9.90. The highest BCUT2D eigenvalue weighted by atomic mass is 19.4. The molecule has 6 nitrogen and oxygen atoms in total. The Labute approximate surface area is 161 Å². The van der Waals surface area contributed by atoms with Crippen molar-refractivity contribution < 1.29 is 22.5 Å². The Bertz CT molecular complexity index is 775. The maximum Gasteiger partial charge on any atom is 0.471 e. The average Bonchev–Trinajstić information content (AvgIpc) is 3.10. The van der Waals surface area contributed by atoms with Crippen molar-refractivity contribution in [3.05, 3.63) is 41.5 Å². The fourth-order valence-corrected chi connectivity index (χ4v) is 3.10. The highest BCUT2D eigenvalue weighted by Gasteiger charge is 2.38. The van der Waals surface area contributed by atoms with Crippen molar-refractivity contribution in [1.82, 2.24) is 10.1 Å². The average molecular weight is 398 g/mol. The number of halogens is 3. The van der Waals surface area contributed by atoms with Crippen molar-refractivity contribution >= 4 is 11.6 Å². The molecule has 1 heterocycles. The summed E-state index contributed by atoms with van der Waals surface area (Å²) in [5.41, 5.74) is 7.49. The van der Waals surface area contributed by atoms with Gasteiger partial charge in [-0.05, 0) is 24.5 Å². The van der Waals surface area contributed by atoms with Crippen LogP contribution < -0.4 is 10.6 Å². The number of para-hydroxylation sites is 1. The van der Waals surface area contributed by atoms with Gasteiger partial charge < -0.3 is 15.2 Å². The molecule has 1 aromatic heterocycles. The first-order valence-corrected chi connectivity index (χ1v) is 9.15. The molecule has 1 unspecified atom stereocenters. The molecule has 0 aliphatic rings. The largest absolute Gasteiger partial charge is 0.471 e. The van der Waals surface area contributed by atoms with Crippen LogP contribution in [0.25, 0.3) is 0 Å². The lowest BCUT2D eigenvalue weighted by molar-refractivity contribution is -0.159. The summed E-state index contributed by atoms with van der Waals surface area (Å²) >= 11 is 0. The normalized spacial score (nSPS) is 12.8. The van der Waals surface area contributed by atoms with Gasteiger partial charge in [0.05, 0.1) is 5.92 Å². The van der Waals surface area contributed by atoms with Crippen LogP contribution in [0, 0.1) is 0 Å². The smallest absolute Gasteiger partial charge is 0.377 e. The summed E-state index contributed by atoms with van der Waals surface area (Å²) < 4.78 is 41.4. The van der Waals surface area contributed by atoms with Gasteiger partial charge in [0.1, 0.15) is 0 Å². The molecule has 1 aromatic carbocycles. The Kier molecular flexibility index (Phi) is 7.42. The molecule has 1 atom stereocenters. The lowest BCUT2D eigenvalue weighted by Gasteiger charge is -2.22. The molecule has 28 heavy (non-hydrogen) atoms. The van der Waals surface area contributed by atoms with E-state index in [1.54, 1.807) is 0 Å². The highest BCUT2D eigenvalue weighted by Crippen LogP contribution is 2.30. The van der Waals surface area contributed by atoms with Gasteiger partial charge in [-0.1, -0.05) is 42.6 Å². The molecular formula is C19H25F3N4O2. The molecule has 0 saturated heterocycles. The minimum atomic E-state index is -4.61. The van der Waals surface area contributed by atoms with Crippen LogP contribution in [0.4, 0.5) is 18.9 Å². The first-order valence-electron chi connectivity index (χ1n) is 9.15. The zero-order chi connectivity index (χ0) is 20.7. The Hall–Kier alpha value is -2.58. The minimum Gasteiger partial charge on any atom is -0.377 e. The third-order valence-corrected chi connectivity index (χ3v) is 4.49. The van der Waals surface area contributed by atoms with Gasteiger partial charge in [0.2, 0.25) is 5.91 Å². The molecule has 0 aliphatic carbocycles. The molecular weight excluding hydrogens is 373 g/mol. The number of aryl methyl sites for hydroxylation is 1. The van der Waals surface area contributed by atoms with E-state index in [1.807, 2.05) is 43.3 Å². The molecule has 0 aliphatic heterocycles. The van der Waals surface area contributed by atoms with E-state index < -0.39 is 12.1 Å². The standard InChI is InChI=1S/C19H25F3N4O2/c1-26(2)15-11-8-7-9-13(15)14(17(23)27)10-5-3-4-6-12-16-24-18(28-25-16)19(20,21)22/h7-9,11,14H,3-6,10,12H2,1-2H3,(H2,23,27). The van der Waals surface area contributed by atoms with Crippen LogP contribution >= 0.6 is 0 Å². The van der Waals surface area contributed by atoms with E-state index in [4.69, 9.17) is 5.73 Å². The zero-order valence-corrected chi connectivity index (χ0v) is 16.0. The molecule has 2 aromatic rings. The molecule has 0 fully saturated rings. The van der Waals surface area contributed by atoms with Crippen LogP contribution in [0.1, 0.15) is 55.3 Å². The van der Waals surface area contributed by atoms with E-state index >= 15 is 0 Å². The van der Waals surface area contributed by atoms with Gasteiger partial charge in [-0.3, -0.25) is 4.79 Å². The Morgan fingerprint density at radius 1 is 1.18 bits per heavy atom. The fraction of sp³-hybridized carbons (Fsp3) is 0.526. The van der Waals surface area contributed by atoms with Crippen LogP contribution in [0.15, 0.2) is 28.8 Å². The lowest BCUT2D eigenvalue weighted by Crippen LogP contribution is -2.23. The quantitative estimate of drug-likeness (QED) is 0.613. The SMILES string of the molecule is CN(C)c1ccccc1C(CCCCCCc1noc(C(F)(F)F)n1)C(N)=O. The second-order valence-electron chi connectivity index (χ2n) is 6.87. The van der Waals surface area contributed by atoms with E-state index in [9.17, 15) is 18.0 Å². The number of rotatable bonds is 10. The van der Waals surface area contributed by atoms with Gasteiger partial charge in [-0.25, -0.2) is 0 Å². The second-order valence-corrected chi connectivity index (χ2v) is 6.87. The number of carbonyl (C=O) groups excluding carboxylic acids is 1. The van der Waals surface area contributed by atoms with E-state index in [0.717, 1.165) is 30.5 Å². The van der Waals surface area contributed by atoms with Crippen molar-refractivity contribution in [1.29, 1.82) is 0 Å². The van der Waals surface area contributed by atoms with Crippen molar-refractivity contribution in [2.75, 3.05) is 19.0 Å². The summed E-state index contributed by atoms with van der Waals surface area (Å²) in [6.07, 6.45) is -0.614. The van der Waals surface area contributed by atoms with E-state index in [2.05, 4.69) is 14.7 Å². The third kappa shape index (κ3) is 5.97. The number of anilines is 1. The van der Waals surface area contributed by atoms with Crippen LogP contribution in [0.2, 0.25) is 0 Å². The van der Waals surface area contributed by atoms with Crippen LogP contribution in [0.5, 0.6) is 0 Å². The van der Waals surface area contributed by atoms with Gasteiger partial charge >= 0.3 is 12.1 Å². The molecule has 0 spiro atoms. The molecule has 154 valence electrons. The first kappa shape index (κ1) is 21.7. The Morgan fingerprint density at radius 3 is 2.46 bits per heavy atom. The van der Waals surface area contributed by atoms with Crippen molar-refractivity contribution in [3.63, 3.8) is 0 Å². The first-order chi connectivity index (χ1) is 13.2. The molecule has 9 heteroatoms. The molecule has 2 N–H and O–H groups in total. The second kappa shape index (κ2) is 9.57.